The van der Waals surface area contributed by atoms with E-state index >= 15 is 0 Å². The van der Waals surface area contributed by atoms with E-state index in [0.717, 1.165) is 21.9 Å². The third kappa shape index (κ3) is 6.66. The molecule has 33 heavy (non-hydrogen) atoms. The van der Waals surface area contributed by atoms with E-state index in [9.17, 15) is 22.2 Å². The molecule has 3 aromatic rings. The fourth-order valence-electron chi connectivity index (χ4n) is 3.11. The molecule has 0 saturated carbocycles. The van der Waals surface area contributed by atoms with Crippen LogP contribution >= 0.6 is 11.6 Å². The van der Waals surface area contributed by atoms with Crippen molar-refractivity contribution in [2.24, 2.45) is 0 Å². The summed E-state index contributed by atoms with van der Waals surface area (Å²) in [5.74, 6) is -0.875. The maximum absolute atomic E-state index is 13.2. The van der Waals surface area contributed by atoms with Gasteiger partial charge in [0.25, 0.3) is 0 Å². The van der Waals surface area contributed by atoms with Crippen molar-refractivity contribution in [2.45, 2.75) is 32.1 Å². The number of halogens is 4. The number of hydrogen-bond acceptors (Lipinski definition) is 3. The Labute approximate surface area is 196 Å². The first-order valence-electron chi connectivity index (χ1n) is 9.90. The van der Waals surface area contributed by atoms with Gasteiger partial charge in [-0.1, -0.05) is 41.9 Å². The largest absolute Gasteiger partial charge is 0.435 e. The molecule has 2 atom stereocenters. The number of nitrogens with one attached hydrogen (secondary N) is 2. The third-order valence-electron chi connectivity index (χ3n) is 4.92. The second-order valence-electron chi connectivity index (χ2n) is 7.37. The SMILES string of the molecule is CC(C(=O)NCc1cc(C(F)(F)F)nn1-c1cccc(Cl)c1)c1ccc(CNS(C)=O)cc1. The van der Waals surface area contributed by atoms with Crippen LogP contribution in [0.1, 0.15) is 35.4 Å². The van der Waals surface area contributed by atoms with E-state index in [2.05, 4.69) is 15.1 Å². The van der Waals surface area contributed by atoms with Gasteiger partial charge in [-0.05, 0) is 42.3 Å². The molecule has 2 unspecified atom stereocenters. The fourth-order valence-corrected chi connectivity index (χ4v) is 3.66. The van der Waals surface area contributed by atoms with Gasteiger partial charge < -0.3 is 5.32 Å². The van der Waals surface area contributed by atoms with Crippen LogP contribution in [-0.4, -0.2) is 26.2 Å². The van der Waals surface area contributed by atoms with Crippen molar-refractivity contribution in [2.75, 3.05) is 6.26 Å². The Balaban J connectivity index is 1.74. The second-order valence-corrected chi connectivity index (χ2v) is 9.00. The molecule has 0 spiro atoms. The van der Waals surface area contributed by atoms with Crippen molar-refractivity contribution in [3.63, 3.8) is 0 Å². The molecule has 1 heterocycles. The van der Waals surface area contributed by atoms with Gasteiger partial charge in [0.05, 0.1) is 34.8 Å². The van der Waals surface area contributed by atoms with Gasteiger partial charge in [0, 0.05) is 17.8 Å². The van der Waals surface area contributed by atoms with Crippen molar-refractivity contribution in [1.82, 2.24) is 19.8 Å². The average molecular weight is 499 g/mol. The van der Waals surface area contributed by atoms with Gasteiger partial charge in [-0.2, -0.15) is 18.3 Å². The van der Waals surface area contributed by atoms with Crippen molar-refractivity contribution < 1.29 is 22.2 Å². The number of amides is 1. The Bertz CT molecular complexity index is 1150. The minimum Gasteiger partial charge on any atom is -0.350 e. The van der Waals surface area contributed by atoms with Crippen LogP contribution in [-0.2, 0) is 35.0 Å². The van der Waals surface area contributed by atoms with E-state index in [1.165, 1.54) is 12.3 Å². The number of aromatic nitrogens is 2. The maximum atomic E-state index is 13.2. The molecule has 1 amide bonds. The molecule has 0 bridgehead atoms. The lowest BCUT2D eigenvalue weighted by atomic mass is 9.99. The Morgan fingerprint density at radius 3 is 2.45 bits per heavy atom. The molecule has 2 aromatic carbocycles. The van der Waals surface area contributed by atoms with E-state index < -0.39 is 28.8 Å². The van der Waals surface area contributed by atoms with Gasteiger partial charge in [-0.15, -0.1) is 0 Å². The lowest BCUT2D eigenvalue weighted by molar-refractivity contribution is -0.141. The predicted octanol–water partition coefficient (Wildman–Crippen LogP) is 4.35. The standard InChI is InChI=1S/C22H22ClF3N4O2S/c1-14(16-8-6-15(7-9-16)12-28-33(2)32)21(31)27-13-19-11-20(22(24,25)26)29-30(19)18-5-3-4-17(23)10-18/h3-11,14,28H,12-13H2,1-2H3,(H,27,31). The predicted molar refractivity (Wildman–Crippen MR) is 121 cm³/mol. The van der Waals surface area contributed by atoms with E-state index in [1.54, 1.807) is 37.3 Å². The summed E-state index contributed by atoms with van der Waals surface area (Å²) in [7, 11) is -1.13. The average Bonchev–Trinajstić information content (AvgIpc) is 3.21. The zero-order valence-electron chi connectivity index (χ0n) is 17.8. The number of benzene rings is 2. The van der Waals surface area contributed by atoms with Crippen LogP contribution in [0.25, 0.3) is 5.69 Å². The van der Waals surface area contributed by atoms with E-state index in [1.807, 2.05) is 12.1 Å². The molecule has 6 nitrogen and oxygen atoms in total. The van der Waals surface area contributed by atoms with E-state index in [0.29, 0.717) is 17.3 Å². The quantitative estimate of drug-likeness (QED) is 0.485. The van der Waals surface area contributed by atoms with Crippen LogP contribution < -0.4 is 10.0 Å². The van der Waals surface area contributed by atoms with Crippen molar-refractivity contribution in [3.8, 4) is 5.69 Å². The molecule has 176 valence electrons. The summed E-state index contributed by atoms with van der Waals surface area (Å²) in [5.41, 5.74) is 1.11. The first-order chi connectivity index (χ1) is 15.5. The van der Waals surface area contributed by atoms with Crippen LogP contribution in [0.2, 0.25) is 5.02 Å². The minimum atomic E-state index is -4.63. The van der Waals surface area contributed by atoms with Crippen LogP contribution in [0.5, 0.6) is 0 Å². The van der Waals surface area contributed by atoms with Gasteiger partial charge >= 0.3 is 6.18 Å². The topological polar surface area (TPSA) is 76.0 Å². The molecule has 0 aliphatic carbocycles. The van der Waals surface area contributed by atoms with Gasteiger partial charge in [-0.25, -0.2) is 13.6 Å². The normalized spacial score (nSPS) is 13.5. The van der Waals surface area contributed by atoms with Crippen molar-refractivity contribution in [3.05, 3.63) is 82.1 Å². The van der Waals surface area contributed by atoms with Crippen molar-refractivity contribution >= 4 is 28.5 Å². The highest BCUT2D eigenvalue weighted by molar-refractivity contribution is 7.82. The van der Waals surface area contributed by atoms with Crippen LogP contribution in [0.3, 0.4) is 0 Å². The number of nitrogens with zero attached hydrogens (tertiary/aromatic N) is 2. The molecule has 0 radical (unpaired) electrons. The molecular formula is C22H22ClF3N4O2S. The Morgan fingerprint density at radius 2 is 1.85 bits per heavy atom. The Kier molecular flexibility index (Phi) is 7.93. The molecule has 2 N–H and O–H groups in total. The number of alkyl halides is 3. The number of rotatable bonds is 8. The molecule has 0 saturated heterocycles. The first-order valence-corrected chi connectivity index (χ1v) is 11.8. The summed E-state index contributed by atoms with van der Waals surface area (Å²) < 4.78 is 54.8. The van der Waals surface area contributed by atoms with Gasteiger partial charge in [0.2, 0.25) is 5.91 Å². The lowest BCUT2D eigenvalue weighted by Crippen LogP contribution is -2.28. The lowest BCUT2D eigenvalue weighted by Gasteiger charge is -2.14. The van der Waals surface area contributed by atoms with Gasteiger partial charge in [0.1, 0.15) is 0 Å². The van der Waals surface area contributed by atoms with E-state index in [-0.39, 0.29) is 18.1 Å². The maximum Gasteiger partial charge on any atom is 0.435 e. The number of carbonyl (C=O) groups excluding carboxylic acids is 1. The Hall–Kier alpha value is -2.69. The van der Waals surface area contributed by atoms with Crippen LogP contribution in [0.15, 0.2) is 54.6 Å². The highest BCUT2D eigenvalue weighted by Gasteiger charge is 2.35. The van der Waals surface area contributed by atoms with Gasteiger partial charge in [-0.3, -0.25) is 4.79 Å². The smallest absolute Gasteiger partial charge is 0.350 e. The molecule has 0 aliphatic rings. The highest BCUT2D eigenvalue weighted by Crippen LogP contribution is 2.30. The molecule has 0 aliphatic heterocycles. The summed E-state index contributed by atoms with van der Waals surface area (Å²) in [6.07, 6.45) is -3.09. The summed E-state index contributed by atoms with van der Waals surface area (Å²) in [6.45, 7) is 1.99. The molecule has 0 fully saturated rings. The second kappa shape index (κ2) is 10.5. The minimum absolute atomic E-state index is 0.150. The number of carbonyl (C=O) groups is 1. The zero-order valence-corrected chi connectivity index (χ0v) is 19.4. The zero-order chi connectivity index (χ0) is 24.2. The first kappa shape index (κ1) is 24.9. The highest BCUT2D eigenvalue weighted by atomic mass is 35.5. The van der Waals surface area contributed by atoms with Gasteiger partial charge in [0.15, 0.2) is 5.69 Å². The molecular weight excluding hydrogens is 477 g/mol. The van der Waals surface area contributed by atoms with Crippen LogP contribution in [0.4, 0.5) is 13.2 Å². The van der Waals surface area contributed by atoms with Crippen LogP contribution in [0, 0.1) is 0 Å². The summed E-state index contributed by atoms with van der Waals surface area (Å²) >= 11 is 5.97. The number of hydrogen-bond donors (Lipinski definition) is 2. The molecule has 11 heteroatoms. The fraction of sp³-hybridized carbons (Fsp3) is 0.273. The summed E-state index contributed by atoms with van der Waals surface area (Å²) in [4.78, 5) is 12.7. The third-order valence-corrected chi connectivity index (χ3v) is 5.71. The molecule has 3 rings (SSSR count). The monoisotopic (exact) mass is 498 g/mol. The summed E-state index contributed by atoms with van der Waals surface area (Å²) in [6, 6.07) is 14.4. The summed E-state index contributed by atoms with van der Waals surface area (Å²) in [5, 5.41) is 6.71. The molecule has 1 aromatic heterocycles. The van der Waals surface area contributed by atoms with E-state index in [4.69, 9.17) is 11.6 Å². The van der Waals surface area contributed by atoms with Crippen molar-refractivity contribution in [1.29, 1.82) is 0 Å². The Morgan fingerprint density at radius 1 is 1.15 bits per heavy atom.